The van der Waals surface area contributed by atoms with Crippen LogP contribution in [0.15, 0.2) is 30.5 Å². The zero-order chi connectivity index (χ0) is 23.9. The number of likely N-dealkylation sites (tertiary alicyclic amines) is 1. The Morgan fingerprint density at radius 1 is 1.29 bits per heavy atom. The zero-order valence-electron chi connectivity index (χ0n) is 19.9. The van der Waals surface area contributed by atoms with Crippen LogP contribution in [0, 0.1) is 5.92 Å². The second-order valence-corrected chi connectivity index (χ2v) is 11.0. The lowest BCUT2D eigenvalue weighted by molar-refractivity contribution is -0.191. The van der Waals surface area contributed by atoms with E-state index in [1.54, 1.807) is 24.4 Å². The molecule has 1 spiro atoms. The number of hydrogen-bond donors (Lipinski definition) is 3. The number of aromatic hydroxyl groups is 1. The fourth-order valence-electron chi connectivity index (χ4n) is 7.54. The van der Waals surface area contributed by atoms with Crippen LogP contribution >= 0.6 is 0 Å². The first-order valence-corrected chi connectivity index (χ1v) is 12.7. The molecule has 0 radical (unpaired) electrons. The molecular formula is C27H31N3O5. The average Bonchev–Trinajstić information content (AvgIpc) is 3.61. The molecule has 2 aromatic rings. The largest absolute Gasteiger partial charge is 0.504 e. The third kappa shape index (κ3) is 2.87. The molecule has 1 aromatic carbocycles. The predicted molar refractivity (Wildman–Crippen MR) is 127 cm³/mol. The lowest BCUT2D eigenvalue weighted by atomic mass is 9.48. The molecule has 3 fully saturated rings. The lowest BCUT2D eigenvalue weighted by Gasteiger charge is -2.64. The third-order valence-corrected chi connectivity index (χ3v) is 9.29. The van der Waals surface area contributed by atoms with E-state index in [1.165, 1.54) is 20.0 Å². The van der Waals surface area contributed by atoms with Crippen LogP contribution in [0.4, 0.5) is 0 Å². The molecule has 2 aliphatic heterocycles. The number of aromatic nitrogens is 1. The van der Waals surface area contributed by atoms with Gasteiger partial charge in [-0.1, -0.05) is 6.07 Å². The summed E-state index contributed by atoms with van der Waals surface area (Å²) in [6, 6.07) is 6.72. The first kappa shape index (κ1) is 21.4. The number of nitrogens with zero attached hydrogens (tertiary/aromatic N) is 2. The maximum Gasteiger partial charge on any atom is 0.251 e. The number of hydrogen-bond acceptors (Lipinski definition) is 7. The van der Waals surface area contributed by atoms with Crippen molar-refractivity contribution in [3.63, 3.8) is 0 Å². The minimum absolute atomic E-state index is 0.0204. The van der Waals surface area contributed by atoms with Crippen molar-refractivity contribution in [3.05, 3.63) is 47.2 Å². The standard InChI is InChI=1S/C27H31N3O5/c1-34-21-13-17(7-10-28-21)25(32)29-18-6-8-27(33)20-12-16-4-5-19(31)23-22(16)26(27,24(18)35-23)9-11-30(20)14-15-2-3-15/h4-5,7,10,13,15,18,20,24,31,33H,2-3,6,8-9,11-12,14H2,1H3,(H,29,32)/t18-,20?,24+,26+,27?/m1/s1. The Hall–Kier alpha value is -2.84. The Labute approximate surface area is 204 Å². The van der Waals surface area contributed by atoms with Crippen molar-refractivity contribution >= 4 is 5.91 Å². The average molecular weight is 478 g/mol. The molecule has 1 saturated heterocycles. The van der Waals surface area contributed by atoms with Crippen LogP contribution in [-0.4, -0.2) is 70.0 Å². The molecule has 184 valence electrons. The van der Waals surface area contributed by atoms with Gasteiger partial charge < -0.3 is 25.0 Å². The number of piperidine rings is 1. The quantitative estimate of drug-likeness (QED) is 0.606. The van der Waals surface area contributed by atoms with Crippen molar-refractivity contribution in [1.29, 1.82) is 0 Å². The van der Waals surface area contributed by atoms with Crippen molar-refractivity contribution < 1.29 is 24.5 Å². The molecule has 2 unspecified atom stereocenters. The molecule has 8 heteroatoms. The number of nitrogens with one attached hydrogen (secondary N) is 1. The van der Waals surface area contributed by atoms with Crippen LogP contribution in [0.25, 0.3) is 0 Å². The summed E-state index contributed by atoms with van der Waals surface area (Å²) in [7, 11) is 1.52. The molecule has 1 aromatic heterocycles. The van der Waals surface area contributed by atoms with Crippen molar-refractivity contribution in [2.45, 2.75) is 67.7 Å². The first-order chi connectivity index (χ1) is 16.9. The van der Waals surface area contributed by atoms with Crippen LogP contribution in [0.1, 0.15) is 53.6 Å². The SMILES string of the molecule is COc1cc(C(=O)N[C@@H]2CCC3(O)C4Cc5ccc(O)c6c5[C@@]3(CCN4CC3CC3)[C@H]2O6)ccn1. The van der Waals surface area contributed by atoms with Crippen LogP contribution in [0.2, 0.25) is 0 Å². The highest BCUT2D eigenvalue weighted by Crippen LogP contribution is 2.65. The molecule has 3 N–H and O–H groups in total. The molecule has 2 bridgehead atoms. The maximum absolute atomic E-state index is 13.2. The highest BCUT2D eigenvalue weighted by atomic mass is 16.5. The van der Waals surface area contributed by atoms with Gasteiger partial charge in [0.2, 0.25) is 5.88 Å². The summed E-state index contributed by atoms with van der Waals surface area (Å²) in [6.45, 7) is 1.93. The molecule has 7 rings (SSSR count). The van der Waals surface area contributed by atoms with Gasteiger partial charge in [0, 0.05) is 36.0 Å². The van der Waals surface area contributed by atoms with Gasteiger partial charge in [-0.3, -0.25) is 9.69 Å². The van der Waals surface area contributed by atoms with E-state index in [0.29, 0.717) is 30.0 Å². The summed E-state index contributed by atoms with van der Waals surface area (Å²) in [5.74, 6) is 1.50. The molecule has 35 heavy (non-hydrogen) atoms. The lowest BCUT2D eigenvalue weighted by Crippen LogP contribution is -2.78. The molecular weight excluding hydrogens is 446 g/mol. The van der Waals surface area contributed by atoms with E-state index in [1.807, 2.05) is 6.07 Å². The summed E-state index contributed by atoms with van der Waals surface area (Å²) in [4.78, 5) is 19.8. The van der Waals surface area contributed by atoms with Gasteiger partial charge in [-0.2, -0.15) is 0 Å². The second kappa shape index (κ2) is 7.34. The monoisotopic (exact) mass is 477 g/mol. The van der Waals surface area contributed by atoms with Gasteiger partial charge in [0.05, 0.1) is 24.2 Å². The maximum atomic E-state index is 13.2. The normalized spacial score (nSPS) is 34.6. The van der Waals surface area contributed by atoms with Crippen molar-refractivity contribution in [2.24, 2.45) is 5.92 Å². The number of benzene rings is 1. The van der Waals surface area contributed by atoms with Gasteiger partial charge in [-0.25, -0.2) is 4.98 Å². The summed E-state index contributed by atoms with van der Waals surface area (Å²) in [5, 5.41) is 26.4. The number of carbonyl (C=O) groups is 1. The van der Waals surface area contributed by atoms with E-state index in [2.05, 4.69) is 15.2 Å². The fraction of sp³-hybridized carbons (Fsp3) is 0.556. The van der Waals surface area contributed by atoms with Crippen LogP contribution in [0.5, 0.6) is 17.4 Å². The smallest absolute Gasteiger partial charge is 0.251 e. The highest BCUT2D eigenvalue weighted by molar-refractivity contribution is 5.94. The van der Waals surface area contributed by atoms with Crippen LogP contribution < -0.4 is 14.8 Å². The van der Waals surface area contributed by atoms with E-state index < -0.39 is 17.1 Å². The highest BCUT2D eigenvalue weighted by Gasteiger charge is 2.73. The second-order valence-electron chi connectivity index (χ2n) is 11.0. The molecule has 2 saturated carbocycles. The molecule has 3 heterocycles. The van der Waals surface area contributed by atoms with E-state index in [0.717, 1.165) is 43.0 Å². The minimum Gasteiger partial charge on any atom is -0.504 e. The summed E-state index contributed by atoms with van der Waals surface area (Å²) in [5.41, 5.74) is 0.983. The number of carbonyl (C=O) groups excluding carboxylic acids is 1. The zero-order valence-corrected chi connectivity index (χ0v) is 19.9. The van der Waals surface area contributed by atoms with Gasteiger partial charge in [0.1, 0.15) is 6.10 Å². The first-order valence-electron chi connectivity index (χ1n) is 12.7. The van der Waals surface area contributed by atoms with Crippen molar-refractivity contribution in [3.8, 4) is 17.4 Å². The van der Waals surface area contributed by atoms with Gasteiger partial charge in [-0.15, -0.1) is 0 Å². The molecule has 5 aliphatic rings. The molecule has 8 nitrogen and oxygen atoms in total. The fourth-order valence-corrected chi connectivity index (χ4v) is 7.54. The van der Waals surface area contributed by atoms with E-state index in [9.17, 15) is 15.0 Å². The Morgan fingerprint density at radius 3 is 2.94 bits per heavy atom. The summed E-state index contributed by atoms with van der Waals surface area (Å²) in [6.07, 6.45) is 6.36. The van der Waals surface area contributed by atoms with E-state index in [-0.39, 0.29) is 23.7 Å². The topological polar surface area (TPSA) is 104 Å². The Balaban J connectivity index is 1.28. The summed E-state index contributed by atoms with van der Waals surface area (Å²) >= 11 is 0. The number of phenolic OH excluding ortho intramolecular Hbond substituents is 1. The number of pyridine rings is 1. The van der Waals surface area contributed by atoms with Crippen LogP contribution in [-0.2, 0) is 11.8 Å². The number of aliphatic hydroxyl groups is 1. The van der Waals surface area contributed by atoms with Gasteiger partial charge in [-0.05, 0) is 68.7 Å². The minimum atomic E-state index is -0.960. The third-order valence-electron chi connectivity index (χ3n) is 9.29. The Bertz CT molecular complexity index is 1220. The van der Waals surface area contributed by atoms with E-state index >= 15 is 0 Å². The number of amides is 1. The van der Waals surface area contributed by atoms with Gasteiger partial charge >= 0.3 is 0 Å². The molecule has 5 atom stereocenters. The Morgan fingerprint density at radius 2 is 2.14 bits per heavy atom. The number of ether oxygens (including phenoxy) is 2. The van der Waals surface area contributed by atoms with Crippen molar-refractivity contribution in [1.82, 2.24) is 15.2 Å². The molecule has 1 amide bonds. The molecule has 3 aliphatic carbocycles. The summed E-state index contributed by atoms with van der Waals surface area (Å²) < 4.78 is 11.7. The van der Waals surface area contributed by atoms with Gasteiger partial charge in [0.25, 0.3) is 5.91 Å². The number of methoxy groups -OCH3 is 1. The van der Waals surface area contributed by atoms with E-state index in [4.69, 9.17) is 9.47 Å². The van der Waals surface area contributed by atoms with Crippen LogP contribution in [0.3, 0.4) is 0 Å². The van der Waals surface area contributed by atoms with Crippen molar-refractivity contribution in [2.75, 3.05) is 20.2 Å². The predicted octanol–water partition coefficient (Wildman–Crippen LogP) is 2.16. The number of phenols is 1. The number of rotatable bonds is 5. The Kier molecular flexibility index (Phi) is 4.49. The van der Waals surface area contributed by atoms with Gasteiger partial charge in [0.15, 0.2) is 11.5 Å².